The van der Waals surface area contributed by atoms with Crippen molar-refractivity contribution < 1.29 is 4.79 Å². The predicted molar refractivity (Wildman–Crippen MR) is 65.0 cm³/mol. The Kier molecular flexibility index (Phi) is 3.93. The van der Waals surface area contributed by atoms with Gasteiger partial charge in [-0.25, -0.2) is 0 Å². The van der Waals surface area contributed by atoms with Gasteiger partial charge >= 0.3 is 0 Å². The molecule has 1 aliphatic rings. The predicted octanol–water partition coefficient (Wildman–Crippen LogP) is 0.104. The van der Waals surface area contributed by atoms with Crippen LogP contribution in [0.2, 0.25) is 0 Å². The first-order chi connectivity index (χ1) is 8.25. The van der Waals surface area contributed by atoms with E-state index in [1.807, 2.05) is 0 Å². The number of hydrogen-bond acceptors (Lipinski definition) is 3. The van der Waals surface area contributed by atoms with Gasteiger partial charge in [-0.2, -0.15) is 0 Å². The van der Waals surface area contributed by atoms with E-state index in [-0.39, 0.29) is 11.5 Å². The molecule has 1 aliphatic heterocycles. The van der Waals surface area contributed by atoms with Gasteiger partial charge in [-0.05, 0) is 37.9 Å². The molecule has 1 amide bonds. The Bertz CT molecular complexity index is 415. The third-order valence-electron chi connectivity index (χ3n) is 3.00. The average molecular weight is 235 g/mol. The molecule has 92 valence electrons. The molecule has 1 aromatic rings. The highest BCUT2D eigenvalue weighted by atomic mass is 16.1. The zero-order chi connectivity index (χ0) is 12.1. The van der Waals surface area contributed by atoms with Crippen LogP contribution in [0.15, 0.2) is 23.1 Å². The molecular formula is C12H17N3O2. The molecule has 2 heterocycles. The average Bonchev–Trinajstić information content (AvgIpc) is 2.38. The Morgan fingerprint density at radius 2 is 2.35 bits per heavy atom. The smallest absolute Gasteiger partial charge is 0.252 e. The molecule has 1 fully saturated rings. The van der Waals surface area contributed by atoms with E-state index < -0.39 is 0 Å². The molecule has 1 saturated heterocycles. The number of piperidine rings is 1. The first-order valence-corrected chi connectivity index (χ1v) is 5.93. The molecule has 3 N–H and O–H groups in total. The SMILES string of the molecule is O=C(NCC1CCCNC1)c1ccc(=O)[nH]c1. The van der Waals surface area contributed by atoms with Crippen LogP contribution in [0.5, 0.6) is 0 Å². The molecule has 1 atom stereocenters. The highest BCUT2D eigenvalue weighted by molar-refractivity contribution is 5.93. The monoisotopic (exact) mass is 235 g/mol. The Balaban J connectivity index is 1.84. The summed E-state index contributed by atoms with van der Waals surface area (Å²) in [6.07, 6.45) is 3.76. The molecule has 0 aliphatic carbocycles. The number of pyridine rings is 1. The normalized spacial score (nSPS) is 19.9. The maximum absolute atomic E-state index is 11.7. The van der Waals surface area contributed by atoms with E-state index in [1.165, 1.54) is 24.8 Å². The highest BCUT2D eigenvalue weighted by Gasteiger charge is 2.14. The van der Waals surface area contributed by atoms with Crippen LogP contribution in [0.4, 0.5) is 0 Å². The maximum Gasteiger partial charge on any atom is 0.252 e. The molecule has 0 radical (unpaired) electrons. The first-order valence-electron chi connectivity index (χ1n) is 5.93. The minimum Gasteiger partial charge on any atom is -0.352 e. The second kappa shape index (κ2) is 5.63. The minimum atomic E-state index is -0.196. The van der Waals surface area contributed by atoms with Crippen molar-refractivity contribution in [3.63, 3.8) is 0 Å². The molecule has 0 bridgehead atoms. The van der Waals surface area contributed by atoms with E-state index in [0.29, 0.717) is 18.0 Å². The third-order valence-corrected chi connectivity index (χ3v) is 3.00. The topological polar surface area (TPSA) is 74.0 Å². The molecule has 1 aromatic heterocycles. The molecule has 1 unspecified atom stereocenters. The fourth-order valence-electron chi connectivity index (χ4n) is 1.99. The lowest BCUT2D eigenvalue weighted by atomic mass is 10.00. The summed E-state index contributed by atoms with van der Waals surface area (Å²) in [7, 11) is 0. The summed E-state index contributed by atoms with van der Waals surface area (Å²) in [6.45, 7) is 2.72. The van der Waals surface area contributed by atoms with E-state index in [0.717, 1.165) is 19.5 Å². The van der Waals surface area contributed by atoms with Crippen LogP contribution < -0.4 is 16.2 Å². The number of hydrogen-bond donors (Lipinski definition) is 3. The van der Waals surface area contributed by atoms with Crippen molar-refractivity contribution in [1.82, 2.24) is 15.6 Å². The largest absolute Gasteiger partial charge is 0.352 e. The molecule has 0 spiro atoms. The van der Waals surface area contributed by atoms with E-state index in [1.54, 1.807) is 0 Å². The van der Waals surface area contributed by atoms with Crippen LogP contribution in [0.25, 0.3) is 0 Å². The summed E-state index contributed by atoms with van der Waals surface area (Å²) < 4.78 is 0. The van der Waals surface area contributed by atoms with Crippen molar-refractivity contribution in [2.75, 3.05) is 19.6 Å². The van der Waals surface area contributed by atoms with Crippen molar-refractivity contribution in [3.05, 3.63) is 34.2 Å². The molecule has 5 nitrogen and oxygen atoms in total. The second-order valence-electron chi connectivity index (χ2n) is 4.36. The van der Waals surface area contributed by atoms with Gasteiger partial charge in [0, 0.05) is 18.8 Å². The van der Waals surface area contributed by atoms with Gasteiger partial charge in [0.2, 0.25) is 5.56 Å². The van der Waals surface area contributed by atoms with Crippen LogP contribution in [-0.2, 0) is 0 Å². The fraction of sp³-hybridized carbons (Fsp3) is 0.500. The Labute approximate surface area is 99.6 Å². The molecule has 5 heteroatoms. The third kappa shape index (κ3) is 3.42. The van der Waals surface area contributed by atoms with Crippen molar-refractivity contribution in [2.24, 2.45) is 5.92 Å². The van der Waals surface area contributed by atoms with E-state index >= 15 is 0 Å². The maximum atomic E-state index is 11.7. The van der Waals surface area contributed by atoms with Crippen LogP contribution in [0.1, 0.15) is 23.2 Å². The van der Waals surface area contributed by atoms with Crippen LogP contribution >= 0.6 is 0 Å². The summed E-state index contributed by atoms with van der Waals surface area (Å²) in [4.78, 5) is 25.1. The van der Waals surface area contributed by atoms with Gasteiger partial charge in [-0.15, -0.1) is 0 Å². The molecular weight excluding hydrogens is 218 g/mol. The molecule has 2 rings (SSSR count). The number of aromatic nitrogens is 1. The number of rotatable bonds is 3. The lowest BCUT2D eigenvalue weighted by molar-refractivity contribution is 0.0944. The number of carbonyl (C=O) groups is 1. The standard InChI is InChI=1S/C12H17N3O2/c16-11-4-3-10(8-14-11)12(17)15-7-9-2-1-5-13-6-9/h3-4,8-9,13H,1-2,5-7H2,(H,14,16)(H,15,17). The number of carbonyl (C=O) groups excluding carboxylic acids is 1. The van der Waals surface area contributed by atoms with Gasteiger partial charge in [0.15, 0.2) is 0 Å². The van der Waals surface area contributed by atoms with Crippen LogP contribution in [-0.4, -0.2) is 30.5 Å². The number of H-pyrrole nitrogens is 1. The van der Waals surface area contributed by atoms with Gasteiger partial charge in [-0.1, -0.05) is 0 Å². The summed E-state index contributed by atoms with van der Waals surface area (Å²) >= 11 is 0. The summed E-state index contributed by atoms with van der Waals surface area (Å²) in [5.74, 6) is 0.377. The Morgan fingerprint density at radius 3 is 3.00 bits per heavy atom. The van der Waals surface area contributed by atoms with Crippen molar-refractivity contribution in [2.45, 2.75) is 12.8 Å². The van der Waals surface area contributed by atoms with Gasteiger partial charge in [0.25, 0.3) is 5.91 Å². The minimum absolute atomic E-state index is 0.133. The van der Waals surface area contributed by atoms with Crippen LogP contribution in [0.3, 0.4) is 0 Å². The van der Waals surface area contributed by atoms with E-state index in [2.05, 4.69) is 15.6 Å². The fourth-order valence-corrected chi connectivity index (χ4v) is 1.99. The van der Waals surface area contributed by atoms with E-state index in [4.69, 9.17) is 0 Å². The van der Waals surface area contributed by atoms with Gasteiger partial charge < -0.3 is 15.6 Å². The molecule has 17 heavy (non-hydrogen) atoms. The summed E-state index contributed by atoms with van der Waals surface area (Å²) in [5, 5.41) is 6.19. The molecule has 0 aromatic carbocycles. The lowest BCUT2D eigenvalue weighted by Gasteiger charge is -2.22. The van der Waals surface area contributed by atoms with Gasteiger partial charge in [-0.3, -0.25) is 9.59 Å². The lowest BCUT2D eigenvalue weighted by Crippen LogP contribution is -2.38. The van der Waals surface area contributed by atoms with Crippen molar-refractivity contribution in [3.8, 4) is 0 Å². The second-order valence-corrected chi connectivity index (χ2v) is 4.36. The van der Waals surface area contributed by atoms with Gasteiger partial charge in [0.1, 0.15) is 0 Å². The summed E-state index contributed by atoms with van der Waals surface area (Å²) in [6, 6.07) is 2.89. The Hall–Kier alpha value is -1.62. The quantitative estimate of drug-likeness (QED) is 0.696. The number of amides is 1. The highest BCUT2D eigenvalue weighted by Crippen LogP contribution is 2.08. The molecule has 0 saturated carbocycles. The van der Waals surface area contributed by atoms with Crippen molar-refractivity contribution >= 4 is 5.91 Å². The Morgan fingerprint density at radius 1 is 1.47 bits per heavy atom. The van der Waals surface area contributed by atoms with Gasteiger partial charge in [0.05, 0.1) is 5.56 Å². The number of aromatic amines is 1. The zero-order valence-corrected chi connectivity index (χ0v) is 9.66. The first kappa shape index (κ1) is 11.9. The number of nitrogens with one attached hydrogen (secondary N) is 3. The van der Waals surface area contributed by atoms with E-state index in [9.17, 15) is 9.59 Å². The van der Waals surface area contributed by atoms with Crippen LogP contribution in [0, 0.1) is 5.92 Å². The van der Waals surface area contributed by atoms with Crippen molar-refractivity contribution in [1.29, 1.82) is 0 Å². The zero-order valence-electron chi connectivity index (χ0n) is 9.66. The summed E-state index contributed by atoms with van der Waals surface area (Å²) in [5.41, 5.74) is 0.298.